The van der Waals surface area contributed by atoms with Gasteiger partial charge in [-0.2, -0.15) is 0 Å². The maximum absolute atomic E-state index is 4.29. The predicted octanol–water partition coefficient (Wildman–Crippen LogP) is 2.53. The first-order valence-electron chi connectivity index (χ1n) is 6.07. The van der Waals surface area contributed by atoms with E-state index in [4.69, 9.17) is 0 Å². The molecule has 0 amide bonds. The lowest BCUT2D eigenvalue weighted by atomic mass is 10.1. The summed E-state index contributed by atoms with van der Waals surface area (Å²) in [7, 11) is 6.03. The molecule has 0 radical (unpaired) electrons. The van der Waals surface area contributed by atoms with Gasteiger partial charge in [-0.15, -0.1) is 0 Å². The van der Waals surface area contributed by atoms with E-state index in [0.29, 0.717) is 0 Å². The fourth-order valence-electron chi connectivity index (χ4n) is 1.90. The van der Waals surface area contributed by atoms with Crippen LogP contribution in [0.1, 0.15) is 5.56 Å². The molecule has 0 aliphatic rings. The third kappa shape index (κ3) is 2.87. The van der Waals surface area contributed by atoms with Gasteiger partial charge in [0.2, 0.25) is 0 Å². The SMILES string of the molecule is CNCc1cncc(-c2ccc(N(C)C)cc2)c1. The van der Waals surface area contributed by atoms with Gasteiger partial charge < -0.3 is 10.2 Å². The van der Waals surface area contributed by atoms with E-state index in [0.717, 1.165) is 12.1 Å². The molecule has 1 aromatic heterocycles. The van der Waals surface area contributed by atoms with Crippen molar-refractivity contribution in [2.24, 2.45) is 0 Å². The van der Waals surface area contributed by atoms with Crippen LogP contribution in [0, 0.1) is 0 Å². The Kier molecular flexibility index (Phi) is 3.95. The average Bonchev–Trinajstić information content (AvgIpc) is 2.39. The van der Waals surface area contributed by atoms with E-state index in [9.17, 15) is 0 Å². The van der Waals surface area contributed by atoms with Crippen molar-refractivity contribution in [1.82, 2.24) is 10.3 Å². The molecule has 18 heavy (non-hydrogen) atoms. The lowest BCUT2D eigenvalue weighted by molar-refractivity contribution is 0.813. The Labute approximate surface area is 108 Å². The minimum absolute atomic E-state index is 0.844. The highest BCUT2D eigenvalue weighted by molar-refractivity contribution is 5.66. The van der Waals surface area contributed by atoms with Gasteiger partial charge in [0.15, 0.2) is 0 Å². The molecule has 2 rings (SSSR count). The van der Waals surface area contributed by atoms with Gasteiger partial charge in [-0.3, -0.25) is 4.98 Å². The summed E-state index contributed by atoms with van der Waals surface area (Å²) in [6.07, 6.45) is 3.80. The number of hydrogen-bond donors (Lipinski definition) is 1. The molecule has 1 aromatic carbocycles. The van der Waals surface area contributed by atoms with E-state index in [1.54, 1.807) is 0 Å². The van der Waals surface area contributed by atoms with Gasteiger partial charge in [-0.25, -0.2) is 0 Å². The van der Waals surface area contributed by atoms with Gasteiger partial charge in [-0.1, -0.05) is 12.1 Å². The number of nitrogens with zero attached hydrogens (tertiary/aromatic N) is 2. The Morgan fingerprint density at radius 3 is 2.39 bits per heavy atom. The Morgan fingerprint density at radius 2 is 1.78 bits per heavy atom. The van der Waals surface area contributed by atoms with Crippen molar-refractivity contribution < 1.29 is 0 Å². The largest absolute Gasteiger partial charge is 0.378 e. The maximum Gasteiger partial charge on any atom is 0.0361 e. The standard InChI is InChI=1S/C15H19N3/c1-16-9-12-8-14(11-17-10-12)13-4-6-15(7-5-13)18(2)3/h4-8,10-11,16H,9H2,1-3H3. The molecule has 0 atom stereocenters. The van der Waals surface area contributed by atoms with Crippen LogP contribution in [0.2, 0.25) is 0 Å². The molecule has 0 aliphatic carbocycles. The van der Waals surface area contributed by atoms with Crippen molar-refractivity contribution in [3.63, 3.8) is 0 Å². The smallest absolute Gasteiger partial charge is 0.0361 e. The summed E-state index contributed by atoms with van der Waals surface area (Å²) < 4.78 is 0. The first kappa shape index (κ1) is 12.6. The normalized spacial score (nSPS) is 10.4. The second kappa shape index (κ2) is 5.65. The summed E-state index contributed by atoms with van der Waals surface area (Å²) in [5.74, 6) is 0. The third-order valence-electron chi connectivity index (χ3n) is 2.89. The Bertz CT molecular complexity index is 503. The van der Waals surface area contributed by atoms with Gasteiger partial charge in [0.05, 0.1) is 0 Å². The zero-order valence-electron chi connectivity index (χ0n) is 11.1. The van der Waals surface area contributed by atoms with Crippen molar-refractivity contribution in [2.45, 2.75) is 6.54 Å². The molecule has 3 heteroatoms. The lowest BCUT2D eigenvalue weighted by Crippen LogP contribution is -2.08. The number of rotatable bonds is 4. The molecule has 1 heterocycles. The van der Waals surface area contributed by atoms with Crippen LogP contribution in [-0.2, 0) is 6.54 Å². The Morgan fingerprint density at radius 1 is 1.06 bits per heavy atom. The van der Waals surface area contributed by atoms with Gasteiger partial charge in [0.1, 0.15) is 0 Å². The van der Waals surface area contributed by atoms with Crippen molar-refractivity contribution in [2.75, 3.05) is 26.0 Å². The Hall–Kier alpha value is -1.87. The minimum atomic E-state index is 0.844. The number of pyridine rings is 1. The molecule has 3 nitrogen and oxygen atoms in total. The van der Waals surface area contributed by atoms with Crippen LogP contribution in [0.15, 0.2) is 42.7 Å². The van der Waals surface area contributed by atoms with Crippen LogP contribution < -0.4 is 10.2 Å². The van der Waals surface area contributed by atoms with Crippen LogP contribution in [0.3, 0.4) is 0 Å². The van der Waals surface area contributed by atoms with E-state index >= 15 is 0 Å². The first-order valence-corrected chi connectivity index (χ1v) is 6.07. The lowest BCUT2D eigenvalue weighted by Gasteiger charge is -2.12. The van der Waals surface area contributed by atoms with Crippen LogP contribution in [0.25, 0.3) is 11.1 Å². The maximum atomic E-state index is 4.29. The van der Waals surface area contributed by atoms with Gasteiger partial charge in [0.25, 0.3) is 0 Å². The number of hydrogen-bond acceptors (Lipinski definition) is 3. The third-order valence-corrected chi connectivity index (χ3v) is 2.89. The highest BCUT2D eigenvalue weighted by Gasteiger charge is 2.01. The highest BCUT2D eigenvalue weighted by atomic mass is 15.1. The van der Waals surface area contributed by atoms with Gasteiger partial charge in [-0.05, 0) is 36.4 Å². The molecule has 0 bridgehead atoms. The van der Waals surface area contributed by atoms with Crippen molar-refractivity contribution in [3.05, 3.63) is 48.3 Å². The number of benzene rings is 1. The minimum Gasteiger partial charge on any atom is -0.378 e. The summed E-state index contributed by atoms with van der Waals surface area (Å²) >= 11 is 0. The molecule has 94 valence electrons. The highest BCUT2D eigenvalue weighted by Crippen LogP contribution is 2.22. The van der Waals surface area contributed by atoms with Crippen molar-refractivity contribution >= 4 is 5.69 Å². The second-order valence-electron chi connectivity index (χ2n) is 4.55. The zero-order valence-corrected chi connectivity index (χ0v) is 11.1. The van der Waals surface area contributed by atoms with E-state index < -0.39 is 0 Å². The summed E-state index contributed by atoms with van der Waals surface area (Å²) in [5, 5.41) is 3.14. The number of nitrogens with one attached hydrogen (secondary N) is 1. The zero-order chi connectivity index (χ0) is 13.0. The molecule has 0 saturated heterocycles. The predicted molar refractivity (Wildman–Crippen MR) is 76.8 cm³/mol. The molecule has 0 aliphatic heterocycles. The summed E-state index contributed by atoms with van der Waals surface area (Å²) in [5.41, 5.74) is 4.77. The molecular formula is C15H19N3. The molecule has 1 N–H and O–H groups in total. The topological polar surface area (TPSA) is 28.2 Å². The van der Waals surface area contributed by atoms with Crippen molar-refractivity contribution in [3.8, 4) is 11.1 Å². The number of aromatic nitrogens is 1. The van der Waals surface area contributed by atoms with Crippen LogP contribution in [0.5, 0.6) is 0 Å². The molecule has 0 fully saturated rings. The second-order valence-corrected chi connectivity index (χ2v) is 4.55. The van der Waals surface area contributed by atoms with Crippen LogP contribution >= 0.6 is 0 Å². The summed E-state index contributed by atoms with van der Waals surface area (Å²) in [4.78, 5) is 6.38. The molecular weight excluding hydrogens is 222 g/mol. The molecule has 0 spiro atoms. The van der Waals surface area contributed by atoms with Gasteiger partial charge >= 0.3 is 0 Å². The first-order chi connectivity index (χ1) is 8.70. The van der Waals surface area contributed by atoms with E-state index in [1.807, 2.05) is 33.5 Å². The fourth-order valence-corrected chi connectivity index (χ4v) is 1.90. The Balaban J connectivity index is 2.27. The monoisotopic (exact) mass is 241 g/mol. The molecule has 0 saturated carbocycles. The van der Waals surface area contributed by atoms with Crippen LogP contribution in [0.4, 0.5) is 5.69 Å². The van der Waals surface area contributed by atoms with E-state index in [-0.39, 0.29) is 0 Å². The van der Waals surface area contributed by atoms with E-state index in [1.165, 1.54) is 16.8 Å². The molecule has 2 aromatic rings. The summed E-state index contributed by atoms with van der Waals surface area (Å²) in [6.45, 7) is 0.844. The quantitative estimate of drug-likeness (QED) is 0.891. The average molecular weight is 241 g/mol. The molecule has 0 unspecified atom stereocenters. The van der Waals surface area contributed by atoms with Crippen molar-refractivity contribution in [1.29, 1.82) is 0 Å². The van der Waals surface area contributed by atoms with Gasteiger partial charge in [0, 0.05) is 44.3 Å². The van der Waals surface area contributed by atoms with Crippen LogP contribution in [-0.4, -0.2) is 26.1 Å². The number of anilines is 1. The van der Waals surface area contributed by atoms with E-state index in [2.05, 4.69) is 45.5 Å². The summed E-state index contributed by atoms with van der Waals surface area (Å²) in [6, 6.07) is 10.7. The fraction of sp³-hybridized carbons (Fsp3) is 0.267.